The van der Waals surface area contributed by atoms with Gasteiger partial charge in [-0.15, -0.1) is 0 Å². The van der Waals surface area contributed by atoms with E-state index in [-0.39, 0.29) is 32.7 Å². The first kappa shape index (κ1) is 9.62. The molecule has 4 heteroatoms. The van der Waals surface area contributed by atoms with E-state index in [0.29, 0.717) is 0 Å². The molecule has 0 fully saturated rings. The van der Waals surface area contributed by atoms with Crippen LogP contribution >= 0.6 is 0 Å². The van der Waals surface area contributed by atoms with E-state index >= 15 is 0 Å². The van der Waals surface area contributed by atoms with Crippen molar-refractivity contribution in [3.05, 3.63) is 5.73 Å². The van der Waals surface area contributed by atoms with E-state index in [4.69, 9.17) is 5.73 Å². The first-order chi connectivity index (χ1) is 2.27. The number of hydrogen-bond donors (Lipinski definition) is 1. The zero-order valence-corrected chi connectivity index (χ0v) is 6.32. The Morgan fingerprint density at radius 1 is 1.83 bits per heavy atom. The minimum atomic E-state index is -0.745. The zero-order chi connectivity index (χ0) is 4.28. The van der Waals surface area contributed by atoms with Crippen LogP contribution in [0.1, 0.15) is 0 Å². The average Bonchev–Trinajstić information content (AvgIpc) is 1.38. The third-order valence-corrected chi connectivity index (χ3v) is 0.227. The molecule has 0 unspecified atom stereocenters. The molecule has 0 aromatic carbocycles. The molecule has 0 rings (SSSR count). The minimum absolute atomic E-state index is 0. The van der Waals surface area contributed by atoms with Crippen LogP contribution in [-0.4, -0.2) is 13.1 Å². The maximum absolute atomic E-state index is 9.37. The van der Waals surface area contributed by atoms with Crippen LogP contribution in [0.2, 0.25) is 0 Å². The number of carbonyl (C=O) groups excluding carboxylic acids is 1. The SMILES string of the molecule is CNC([NH-])=O.[Y]. The third-order valence-electron chi connectivity index (χ3n) is 0.227. The van der Waals surface area contributed by atoms with Crippen molar-refractivity contribution in [2.24, 2.45) is 0 Å². The van der Waals surface area contributed by atoms with E-state index in [1.807, 2.05) is 0 Å². The second-order valence-electron chi connectivity index (χ2n) is 0.579. The molecule has 0 bridgehead atoms. The Morgan fingerprint density at radius 2 is 2.00 bits per heavy atom. The van der Waals surface area contributed by atoms with Gasteiger partial charge in [0, 0.05) is 32.7 Å². The summed E-state index contributed by atoms with van der Waals surface area (Å²) in [7, 11) is 1.41. The van der Waals surface area contributed by atoms with E-state index in [1.54, 1.807) is 0 Å². The van der Waals surface area contributed by atoms with Gasteiger partial charge in [-0.2, -0.15) is 0 Å². The Bertz CT molecular complexity index is 46.8. The molecule has 0 aliphatic rings. The molecule has 0 atom stereocenters. The molecule has 0 aliphatic carbocycles. The standard InChI is InChI=1S/C2H6N2O.Y/c1-4-2(3)5;/h1H3,(H3,3,4,5);/p-1. The first-order valence-corrected chi connectivity index (χ1v) is 1.20. The second-order valence-corrected chi connectivity index (χ2v) is 0.579. The molecule has 0 saturated heterocycles. The predicted molar refractivity (Wildman–Crippen MR) is 18.8 cm³/mol. The molecular weight excluding hydrogens is 157 g/mol. The van der Waals surface area contributed by atoms with Crippen LogP contribution in [-0.2, 0) is 32.7 Å². The van der Waals surface area contributed by atoms with Crippen molar-refractivity contribution in [3.63, 3.8) is 0 Å². The number of rotatable bonds is 0. The largest absolute Gasteiger partial charge is 0.453 e. The van der Waals surface area contributed by atoms with E-state index in [9.17, 15) is 4.79 Å². The zero-order valence-electron chi connectivity index (χ0n) is 3.49. The van der Waals surface area contributed by atoms with Crippen molar-refractivity contribution in [1.29, 1.82) is 0 Å². The van der Waals surface area contributed by atoms with Gasteiger partial charge in [0.1, 0.15) is 6.03 Å². The van der Waals surface area contributed by atoms with Gasteiger partial charge in [0.2, 0.25) is 0 Å². The topological polar surface area (TPSA) is 52.9 Å². The van der Waals surface area contributed by atoms with Crippen LogP contribution < -0.4 is 5.32 Å². The van der Waals surface area contributed by atoms with Crippen molar-refractivity contribution in [2.75, 3.05) is 7.05 Å². The van der Waals surface area contributed by atoms with Crippen LogP contribution in [0.15, 0.2) is 0 Å². The van der Waals surface area contributed by atoms with Crippen molar-refractivity contribution in [1.82, 2.24) is 5.32 Å². The smallest absolute Gasteiger partial charge is 0.149 e. The number of amides is 2. The van der Waals surface area contributed by atoms with Gasteiger partial charge in [0.15, 0.2) is 0 Å². The number of nitrogens with one attached hydrogen (secondary N) is 2. The normalized spacial score (nSPS) is 5.50. The first-order valence-electron chi connectivity index (χ1n) is 1.20. The van der Waals surface area contributed by atoms with Gasteiger partial charge < -0.3 is 11.1 Å². The predicted octanol–water partition coefficient (Wildman–Crippen LogP) is 0.375. The van der Waals surface area contributed by atoms with Gasteiger partial charge >= 0.3 is 0 Å². The Hall–Kier alpha value is 0.374. The Kier molecular flexibility index (Phi) is 8.62. The van der Waals surface area contributed by atoms with Gasteiger partial charge in [-0.05, 0) is 0 Å². The Balaban J connectivity index is 0. The molecule has 0 saturated carbocycles. The molecule has 6 heavy (non-hydrogen) atoms. The third kappa shape index (κ3) is 8.84. The maximum atomic E-state index is 9.37. The number of carbonyl (C=O) groups is 1. The molecule has 0 spiro atoms. The minimum Gasteiger partial charge on any atom is -0.453 e. The van der Waals surface area contributed by atoms with Crippen molar-refractivity contribution in [3.8, 4) is 0 Å². The molecule has 2 amide bonds. The Labute approximate surface area is 61.5 Å². The van der Waals surface area contributed by atoms with Crippen LogP contribution in [0.5, 0.6) is 0 Å². The second kappa shape index (κ2) is 5.37. The van der Waals surface area contributed by atoms with E-state index in [1.165, 1.54) is 7.05 Å². The Morgan fingerprint density at radius 3 is 2.00 bits per heavy atom. The molecule has 0 aliphatic heterocycles. The molecule has 0 aromatic rings. The van der Waals surface area contributed by atoms with Gasteiger partial charge in [-0.1, -0.05) is 7.05 Å². The quantitative estimate of drug-likeness (QED) is 0.549. The van der Waals surface area contributed by atoms with Crippen molar-refractivity contribution in [2.45, 2.75) is 0 Å². The average molecular weight is 162 g/mol. The molecular formula is C2H5N2OY-. The summed E-state index contributed by atoms with van der Waals surface area (Å²) in [5.41, 5.74) is 6.08. The van der Waals surface area contributed by atoms with E-state index < -0.39 is 6.03 Å². The summed E-state index contributed by atoms with van der Waals surface area (Å²) < 4.78 is 0. The molecule has 2 N–H and O–H groups in total. The summed E-state index contributed by atoms with van der Waals surface area (Å²) in [6.45, 7) is 0. The molecule has 0 heterocycles. The molecule has 3 nitrogen and oxygen atoms in total. The summed E-state index contributed by atoms with van der Waals surface area (Å²) in [6, 6.07) is -0.745. The van der Waals surface area contributed by atoms with Gasteiger partial charge in [0.05, 0.1) is 0 Å². The maximum Gasteiger partial charge on any atom is 0.149 e. The van der Waals surface area contributed by atoms with E-state index in [0.717, 1.165) is 0 Å². The summed E-state index contributed by atoms with van der Waals surface area (Å²) in [4.78, 5) is 9.37. The van der Waals surface area contributed by atoms with Gasteiger partial charge in [0.25, 0.3) is 0 Å². The number of urea groups is 1. The van der Waals surface area contributed by atoms with Crippen molar-refractivity contribution < 1.29 is 37.5 Å². The summed E-state index contributed by atoms with van der Waals surface area (Å²) in [5, 5.41) is 2.06. The summed E-state index contributed by atoms with van der Waals surface area (Å²) in [6.07, 6.45) is 0. The fraction of sp³-hybridized carbons (Fsp3) is 0.500. The van der Waals surface area contributed by atoms with Crippen molar-refractivity contribution >= 4 is 6.03 Å². The monoisotopic (exact) mass is 162 g/mol. The summed E-state index contributed by atoms with van der Waals surface area (Å²) in [5.74, 6) is 0. The fourth-order valence-electron chi connectivity index (χ4n) is 0. The van der Waals surface area contributed by atoms with E-state index in [2.05, 4.69) is 5.32 Å². The molecule has 1 radical (unpaired) electrons. The van der Waals surface area contributed by atoms with Crippen LogP contribution in [0.4, 0.5) is 4.79 Å². The number of hydrogen-bond acceptors (Lipinski definition) is 1. The molecule has 0 aromatic heterocycles. The van der Waals surface area contributed by atoms with Crippen LogP contribution in [0.25, 0.3) is 5.73 Å². The van der Waals surface area contributed by atoms with Crippen LogP contribution in [0.3, 0.4) is 0 Å². The molecule has 33 valence electrons. The van der Waals surface area contributed by atoms with Gasteiger partial charge in [-0.3, -0.25) is 4.79 Å². The fourth-order valence-corrected chi connectivity index (χ4v) is 0. The summed E-state index contributed by atoms with van der Waals surface area (Å²) >= 11 is 0. The van der Waals surface area contributed by atoms with Gasteiger partial charge in [-0.25, -0.2) is 0 Å². The van der Waals surface area contributed by atoms with Crippen LogP contribution in [0, 0.1) is 0 Å².